The largest absolute Gasteiger partial charge is 0.489 e. The summed E-state index contributed by atoms with van der Waals surface area (Å²) in [7, 11) is 4.21. The monoisotopic (exact) mass is 504 g/mol. The Bertz CT molecular complexity index is 1260. The molecule has 0 radical (unpaired) electrons. The van der Waals surface area contributed by atoms with Crippen molar-refractivity contribution in [2.75, 3.05) is 32.9 Å². The first-order valence-corrected chi connectivity index (χ1v) is 13.0. The molecule has 2 heterocycles. The number of ether oxygens (including phenoxy) is 1. The van der Waals surface area contributed by atoms with Gasteiger partial charge in [0.2, 0.25) is 5.82 Å². The van der Waals surface area contributed by atoms with Gasteiger partial charge in [0, 0.05) is 30.3 Å². The predicted octanol–water partition coefficient (Wildman–Crippen LogP) is 4.50. The molecule has 1 atom stereocenters. The molecule has 1 aliphatic carbocycles. The molecule has 1 saturated heterocycles. The first-order chi connectivity index (χ1) is 17.8. The summed E-state index contributed by atoms with van der Waals surface area (Å²) in [5, 5.41) is 7.53. The molecule has 2 aliphatic rings. The van der Waals surface area contributed by atoms with Crippen LogP contribution in [0.3, 0.4) is 0 Å². The van der Waals surface area contributed by atoms with Crippen LogP contribution >= 0.6 is 0 Å². The summed E-state index contributed by atoms with van der Waals surface area (Å²) in [5.74, 6) is 1.57. The van der Waals surface area contributed by atoms with E-state index in [1.165, 1.54) is 0 Å². The molecule has 196 valence electrons. The molecule has 9 nitrogen and oxygen atoms in total. The maximum absolute atomic E-state index is 13.0. The van der Waals surface area contributed by atoms with Crippen molar-refractivity contribution in [1.82, 2.24) is 25.3 Å². The highest BCUT2D eigenvalue weighted by atomic mass is 16.5. The third-order valence-electron chi connectivity index (χ3n) is 7.34. The fourth-order valence-corrected chi connectivity index (χ4v) is 5.33. The summed E-state index contributed by atoms with van der Waals surface area (Å²) in [6, 6.07) is 12.1. The number of amides is 2. The number of benzene rings is 2. The van der Waals surface area contributed by atoms with Gasteiger partial charge in [-0.1, -0.05) is 23.4 Å². The number of rotatable bonds is 6. The number of hydrogen-bond acceptors (Lipinski definition) is 7. The van der Waals surface area contributed by atoms with Crippen LogP contribution in [0.5, 0.6) is 5.75 Å². The van der Waals surface area contributed by atoms with E-state index in [1.807, 2.05) is 43.0 Å². The molecular weight excluding hydrogens is 468 g/mol. The van der Waals surface area contributed by atoms with E-state index in [2.05, 4.69) is 40.5 Å². The van der Waals surface area contributed by atoms with E-state index in [0.717, 1.165) is 61.0 Å². The van der Waals surface area contributed by atoms with E-state index in [9.17, 15) is 4.79 Å². The van der Waals surface area contributed by atoms with Crippen LogP contribution < -0.4 is 15.8 Å². The molecule has 0 bridgehead atoms. The van der Waals surface area contributed by atoms with Gasteiger partial charge in [-0.05, 0) is 83.0 Å². The van der Waals surface area contributed by atoms with Crippen molar-refractivity contribution in [2.45, 2.75) is 57.7 Å². The third-order valence-corrected chi connectivity index (χ3v) is 7.34. The van der Waals surface area contributed by atoms with E-state index in [-0.39, 0.29) is 18.2 Å². The topological polar surface area (TPSA) is 110 Å². The minimum atomic E-state index is -0.0197. The Morgan fingerprint density at radius 2 is 1.97 bits per heavy atom. The molecular formula is C28H36N6O3. The molecule has 1 aromatic heterocycles. The third kappa shape index (κ3) is 5.27. The number of carbonyl (C=O) groups is 1. The average molecular weight is 505 g/mol. The minimum Gasteiger partial charge on any atom is -0.489 e. The molecule has 3 N–H and O–H groups in total. The molecule has 37 heavy (non-hydrogen) atoms. The zero-order chi connectivity index (χ0) is 26.1. The maximum atomic E-state index is 13.0. The average Bonchev–Trinajstić information content (AvgIpc) is 3.53. The van der Waals surface area contributed by atoms with Crippen LogP contribution in [-0.2, 0) is 6.42 Å². The number of nitrogens with zero attached hydrogens (tertiary/aromatic N) is 4. The fraction of sp³-hybridized carbons (Fsp3) is 0.464. The van der Waals surface area contributed by atoms with Crippen LogP contribution in [-0.4, -0.2) is 65.3 Å². The second-order valence-electron chi connectivity index (χ2n) is 10.4. The summed E-state index contributed by atoms with van der Waals surface area (Å²) in [5.41, 5.74) is 10.7. The Balaban J connectivity index is 1.30. The zero-order valence-electron chi connectivity index (χ0n) is 22.0. The molecule has 1 fully saturated rings. The van der Waals surface area contributed by atoms with Gasteiger partial charge in [0.05, 0.1) is 17.8 Å². The smallest absolute Gasteiger partial charge is 0.317 e. The highest BCUT2D eigenvalue weighted by Crippen LogP contribution is 2.38. The van der Waals surface area contributed by atoms with Crippen molar-refractivity contribution in [2.24, 2.45) is 0 Å². The summed E-state index contributed by atoms with van der Waals surface area (Å²) in [4.78, 5) is 21.9. The second-order valence-corrected chi connectivity index (χ2v) is 10.4. The number of hydrogen-bond donors (Lipinski definition) is 2. The van der Waals surface area contributed by atoms with Gasteiger partial charge < -0.3 is 30.1 Å². The first-order valence-electron chi connectivity index (χ1n) is 13.0. The number of nitrogens with one attached hydrogen (secondary N) is 1. The molecule has 5 rings (SSSR count). The maximum Gasteiger partial charge on any atom is 0.317 e. The summed E-state index contributed by atoms with van der Waals surface area (Å²) in [6.45, 7) is 5.49. The van der Waals surface area contributed by atoms with Crippen LogP contribution in [0, 0.1) is 0 Å². The lowest BCUT2D eigenvalue weighted by molar-refractivity contribution is 0.146. The van der Waals surface area contributed by atoms with Crippen LogP contribution in [0.2, 0.25) is 0 Å². The second kappa shape index (κ2) is 10.4. The Morgan fingerprint density at radius 3 is 2.68 bits per heavy atom. The Labute approximate surface area is 218 Å². The minimum absolute atomic E-state index is 0.0183. The first kappa shape index (κ1) is 25.1. The zero-order valence-corrected chi connectivity index (χ0v) is 22.0. The van der Waals surface area contributed by atoms with Gasteiger partial charge in [-0.3, -0.25) is 0 Å². The van der Waals surface area contributed by atoms with Crippen molar-refractivity contribution in [3.63, 3.8) is 0 Å². The van der Waals surface area contributed by atoms with Crippen LogP contribution in [0.4, 0.5) is 10.5 Å². The number of piperidine rings is 1. The molecule has 2 amide bonds. The van der Waals surface area contributed by atoms with Gasteiger partial charge >= 0.3 is 6.03 Å². The standard InChI is InChI=1S/C28H36N6O3/c1-17(2)36-25-11-8-18(16-23(25)29)27-31-26(32-37-27)22-7-5-6-21-20(22)9-10-24(21)30-28(35)34-14-12-19(13-15-34)33(3)4/h5-8,11,16-17,19,24H,9-10,12-15,29H2,1-4H3,(H,30,35)/t24-/m0/s1. The molecule has 0 saturated carbocycles. The SMILES string of the molecule is CC(C)Oc1ccc(-c2nc(-c3cccc4c3CC[C@@H]4NC(=O)N3CCC(N(C)C)CC3)no2)cc1N. The van der Waals surface area contributed by atoms with Gasteiger partial charge in [0.25, 0.3) is 5.89 Å². The van der Waals surface area contributed by atoms with E-state index in [0.29, 0.717) is 29.2 Å². The Kier molecular flexibility index (Phi) is 7.06. The van der Waals surface area contributed by atoms with Crippen LogP contribution in [0.15, 0.2) is 40.9 Å². The van der Waals surface area contributed by atoms with E-state index in [4.69, 9.17) is 15.0 Å². The number of anilines is 1. The summed E-state index contributed by atoms with van der Waals surface area (Å²) in [6.07, 6.45) is 3.74. The number of fused-ring (bicyclic) bond motifs is 1. The summed E-state index contributed by atoms with van der Waals surface area (Å²) >= 11 is 0. The van der Waals surface area contributed by atoms with Gasteiger partial charge in [-0.2, -0.15) is 4.98 Å². The number of nitrogens with two attached hydrogens (primary N) is 1. The van der Waals surface area contributed by atoms with E-state index in [1.54, 1.807) is 6.07 Å². The lowest BCUT2D eigenvalue weighted by atomic mass is 10.0. The molecule has 3 aromatic rings. The lowest BCUT2D eigenvalue weighted by Gasteiger charge is -2.35. The van der Waals surface area contributed by atoms with Gasteiger partial charge in [-0.25, -0.2) is 4.79 Å². The van der Waals surface area contributed by atoms with E-state index < -0.39 is 0 Å². The van der Waals surface area contributed by atoms with Gasteiger partial charge in [0.1, 0.15) is 5.75 Å². The number of nitrogen functional groups attached to an aromatic ring is 1. The number of carbonyl (C=O) groups excluding carboxylic acids is 1. The lowest BCUT2D eigenvalue weighted by Crippen LogP contribution is -2.48. The Hall–Kier alpha value is -3.59. The molecule has 0 unspecified atom stereocenters. The number of urea groups is 1. The highest BCUT2D eigenvalue weighted by Gasteiger charge is 2.30. The number of aromatic nitrogens is 2. The molecule has 2 aromatic carbocycles. The molecule has 1 aliphatic heterocycles. The van der Waals surface area contributed by atoms with Crippen LogP contribution in [0.25, 0.3) is 22.8 Å². The predicted molar refractivity (Wildman–Crippen MR) is 143 cm³/mol. The molecule has 9 heteroatoms. The summed E-state index contributed by atoms with van der Waals surface area (Å²) < 4.78 is 11.3. The highest BCUT2D eigenvalue weighted by molar-refractivity contribution is 5.76. The fourth-order valence-electron chi connectivity index (χ4n) is 5.33. The van der Waals surface area contributed by atoms with Crippen molar-refractivity contribution < 1.29 is 14.1 Å². The number of likely N-dealkylation sites (tertiary alicyclic amines) is 1. The van der Waals surface area contributed by atoms with Crippen molar-refractivity contribution in [1.29, 1.82) is 0 Å². The molecule has 0 spiro atoms. The van der Waals surface area contributed by atoms with Crippen LogP contribution in [0.1, 0.15) is 50.3 Å². The van der Waals surface area contributed by atoms with E-state index >= 15 is 0 Å². The Morgan fingerprint density at radius 1 is 1.19 bits per heavy atom. The van der Waals surface area contributed by atoms with Crippen molar-refractivity contribution in [3.8, 4) is 28.6 Å². The van der Waals surface area contributed by atoms with Gasteiger partial charge in [0.15, 0.2) is 0 Å². The normalized spacial score (nSPS) is 17.9. The van der Waals surface area contributed by atoms with Gasteiger partial charge in [-0.15, -0.1) is 0 Å². The van der Waals surface area contributed by atoms with Crippen molar-refractivity contribution >= 4 is 11.7 Å². The quantitative estimate of drug-likeness (QED) is 0.476. The van der Waals surface area contributed by atoms with Crippen molar-refractivity contribution in [3.05, 3.63) is 47.5 Å².